The number of likely N-dealkylation sites (tertiary alicyclic amines) is 1. The number of unbranched alkanes of at least 4 members (excludes halogenated alkanes) is 5. The highest BCUT2D eigenvalue weighted by molar-refractivity contribution is 4.74. The summed E-state index contributed by atoms with van der Waals surface area (Å²) in [5, 5.41) is 9.42. The van der Waals surface area contributed by atoms with E-state index in [0.717, 1.165) is 0 Å². The maximum Gasteiger partial charge on any atom is 0.0586 e. The Hall–Kier alpha value is -0.0800. The molecule has 17 heavy (non-hydrogen) atoms. The quantitative estimate of drug-likeness (QED) is 0.657. The van der Waals surface area contributed by atoms with Crippen LogP contribution in [0, 0.1) is 0 Å². The molecule has 1 heterocycles. The van der Waals surface area contributed by atoms with Gasteiger partial charge in [-0.25, -0.2) is 0 Å². The molecule has 0 saturated carbocycles. The second-order valence-corrected chi connectivity index (χ2v) is 5.49. The summed E-state index contributed by atoms with van der Waals surface area (Å²) in [6.45, 7) is 5.04. The molecule has 1 saturated heterocycles. The minimum absolute atomic E-state index is 0.357. The molecular weight excluding hydrogens is 210 g/mol. The summed E-state index contributed by atoms with van der Waals surface area (Å²) in [5.74, 6) is 0. The van der Waals surface area contributed by atoms with Gasteiger partial charge in [-0.2, -0.15) is 0 Å². The first-order valence-electron chi connectivity index (χ1n) is 7.73. The monoisotopic (exact) mass is 241 g/mol. The van der Waals surface area contributed by atoms with Gasteiger partial charge in [0.05, 0.1) is 6.61 Å². The Bertz CT molecular complexity index is 172. The summed E-state index contributed by atoms with van der Waals surface area (Å²) in [6, 6.07) is 0.452. The molecule has 1 aliphatic rings. The van der Waals surface area contributed by atoms with Crippen LogP contribution in [0.2, 0.25) is 0 Å². The summed E-state index contributed by atoms with van der Waals surface area (Å²) in [7, 11) is 0. The van der Waals surface area contributed by atoms with Crippen molar-refractivity contribution in [2.45, 2.75) is 77.2 Å². The van der Waals surface area contributed by atoms with Crippen LogP contribution in [0.25, 0.3) is 0 Å². The van der Waals surface area contributed by atoms with Crippen LogP contribution in [-0.4, -0.2) is 35.7 Å². The van der Waals surface area contributed by atoms with Crippen molar-refractivity contribution in [1.29, 1.82) is 0 Å². The maximum absolute atomic E-state index is 9.42. The molecule has 1 fully saturated rings. The average molecular weight is 241 g/mol. The first-order valence-corrected chi connectivity index (χ1v) is 7.73. The van der Waals surface area contributed by atoms with E-state index in [1.807, 2.05) is 0 Å². The molecule has 0 bridgehead atoms. The van der Waals surface area contributed by atoms with Gasteiger partial charge in [-0.05, 0) is 32.4 Å². The van der Waals surface area contributed by atoms with Gasteiger partial charge < -0.3 is 5.11 Å². The van der Waals surface area contributed by atoms with Crippen molar-refractivity contribution in [2.24, 2.45) is 0 Å². The van der Waals surface area contributed by atoms with E-state index < -0.39 is 0 Å². The van der Waals surface area contributed by atoms with Gasteiger partial charge in [0.2, 0.25) is 0 Å². The van der Waals surface area contributed by atoms with Crippen molar-refractivity contribution in [2.75, 3.05) is 19.7 Å². The van der Waals surface area contributed by atoms with Gasteiger partial charge in [-0.1, -0.05) is 51.9 Å². The van der Waals surface area contributed by atoms with Crippen LogP contribution in [0.4, 0.5) is 0 Å². The summed E-state index contributed by atoms with van der Waals surface area (Å²) in [6.07, 6.45) is 13.4. The van der Waals surface area contributed by atoms with Crippen LogP contribution in [0.15, 0.2) is 0 Å². The fourth-order valence-corrected chi connectivity index (χ4v) is 2.83. The molecule has 1 atom stereocenters. The van der Waals surface area contributed by atoms with Gasteiger partial charge in [-0.15, -0.1) is 0 Å². The lowest BCUT2D eigenvalue weighted by Gasteiger charge is -2.28. The zero-order chi connectivity index (χ0) is 12.3. The number of nitrogens with zero attached hydrogens (tertiary/aromatic N) is 1. The molecule has 1 N–H and O–H groups in total. The summed E-state index contributed by atoms with van der Waals surface area (Å²) < 4.78 is 0. The molecule has 2 heteroatoms. The van der Waals surface area contributed by atoms with E-state index in [9.17, 15) is 5.11 Å². The molecule has 102 valence electrons. The molecule has 0 aliphatic carbocycles. The summed E-state index contributed by atoms with van der Waals surface area (Å²) in [4.78, 5) is 2.53. The SMILES string of the molecule is CCCCCCCCN1CCCCCC1CO. The molecule has 1 unspecified atom stereocenters. The van der Waals surface area contributed by atoms with E-state index >= 15 is 0 Å². The van der Waals surface area contributed by atoms with E-state index in [-0.39, 0.29) is 0 Å². The van der Waals surface area contributed by atoms with Gasteiger partial charge in [0, 0.05) is 6.04 Å². The predicted octanol–water partition coefficient (Wildman–Crippen LogP) is 3.58. The fourth-order valence-electron chi connectivity index (χ4n) is 2.83. The minimum Gasteiger partial charge on any atom is -0.395 e. The number of aliphatic hydroxyl groups is 1. The van der Waals surface area contributed by atoms with Crippen LogP contribution >= 0.6 is 0 Å². The Morgan fingerprint density at radius 1 is 1.00 bits per heavy atom. The molecule has 1 rings (SSSR count). The van der Waals surface area contributed by atoms with E-state index in [0.29, 0.717) is 12.6 Å². The molecule has 0 aromatic rings. The third kappa shape index (κ3) is 6.42. The third-order valence-corrected chi connectivity index (χ3v) is 4.01. The van der Waals surface area contributed by atoms with Crippen LogP contribution in [0.1, 0.15) is 71.1 Å². The third-order valence-electron chi connectivity index (χ3n) is 4.01. The van der Waals surface area contributed by atoms with E-state index in [1.54, 1.807) is 0 Å². The molecule has 0 radical (unpaired) electrons. The van der Waals surface area contributed by atoms with Crippen LogP contribution < -0.4 is 0 Å². The number of hydrogen-bond acceptors (Lipinski definition) is 2. The zero-order valence-electron chi connectivity index (χ0n) is 11.7. The van der Waals surface area contributed by atoms with Crippen LogP contribution in [-0.2, 0) is 0 Å². The summed E-state index contributed by atoms with van der Waals surface area (Å²) >= 11 is 0. The topological polar surface area (TPSA) is 23.5 Å². The van der Waals surface area contributed by atoms with E-state index in [4.69, 9.17) is 0 Å². The number of rotatable bonds is 8. The summed E-state index contributed by atoms with van der Waals surface area (Å²) in [5.41, 5.74) is 0. The molecule has 0 aromatic heterocycles. The van der Waals surface area contributed by atoms with Gasteiger partial charge in [0.25, 0.3) is 0 Å². The van der Waals surface area contributed by atoms with Crippen molar-refractivity contribution in [3.63, 3.8) is 0 Å². The van der Waals surface area contributed by atoms with Crippen molar-refractivity contribution < 1.29 is 5.11 Å². The van der Waals surface area contributed by atoms with Crippen molar-refractivity contribution in [1.82, 2.24) is 4.90 Å². The highest BCUT2D eigenvalue weighted by Crippen LogP contribution is 2.17. The lowest BCUT2D eigenvalue weighted by Crippen LogP contribution is -2.38. The largest absolute Gasteiger partial charge is 0.395 e. The standard InChI is InChI=1S/C15H31NO/c1-2-3-4-5-6-9-12-16-13-10-7-8-11-15(16)14-17/h15,17H,2-14H2,1H3. The second kappa shape index (κ2) is 9.90. The van der Waals surface area contributed by atoms with E-state index in [2.05, 4.69) is 11.8 Å². The highest BCUT2D eigenvalue weighted by atomic mass is 16.3. The first kappa shape index (κ1) is 15.0. The van der Waals surface area contributed by atoms with Crippen molar-refractivity contribution in [3.05, 3.63) is 0 Å². The normalized spacial score (nSPS) is 22.6. The van der Waals surface area contributed by atoms with Crippen LogP contribution in [0.3, 0.4) is 0 Å². The van der Waals surface area contributed by atoms with Crippen LogP contribution in [0.5, 0.6) is 0 Å². The smallest absolute Gasteiger partial charge is 0.0586 e. The molecule has 0 aromatic carbocycles. The average Bonchev–Trinajstić information content (AvgIpc) is 2.58. The predicted molar refractivity (Wildman–Crippen MR) is 74.3 cm³/mol. The Morgan fingerprint density at radius 3 is 2.53 bits per heavy atom. The molecule has 0 spiro atoms. The van der Waals surface area contributed by atoms with Gasteiger partial charge in [0.15, 0.2) is 0 Å². The van der Waals surface area contributed by atoms with Crippen molar-refractivity contribution >= 4 is 0 Å². The molecule has 1 aliphatic heterocycles. The molecular formula is C15H31NO. The maximum atomic E-state index is 9.42. The van der Waals surface area contributed by atoms with Gasteiger partial charge in [0.1, 0.15) is 0 Å². The Labute approximate surface area is 107 Å². The molecule has 2 nitrogen and oxygen atoms in total. The van der Waals surface area contributed by atoms with E-state index in [1.165, 1.54) is 77.3 Å². The first-order chi connectivity index (χ1) is 8.38. The van der Waals surface area contributed by atoms with Gasteiger partial charge in [-0.3, -0.25) is 4.90 Å². The number of aliphatic hydroxyl groups excluding tert-OH is 1. The highest BCUT2D eigenvalue weighted by Gasteiger charge is 2.19. The second-order valence-electron chi connectivity index (χ2n) is 5.49. The Kier molecular flexibility index (Phi) is 8.72. The Balaban J connectivity index is 2.10. The lowest BCUT2D eigenvalue weighted by molar-refractivity contribution is 0.122. The fraction of sp³-hybridized carbons (Fsp3) is 1.00. The Morgan fingerprint density at radius 2 is 1.76 bits per heavy atom. The number of hydrogen-bond donors (Lipinski definition) is 1. The van der Waals surface area contributed by atoms with Crippen molar-refractivity contribution in [3.8, 4) is 0 Å². The zero-order valence-corrected chi connectivity index (χ0v) is 11.7. The molecule has 0 amide bonds. The minimum atomic E-state index is 0.357. The lowest BCUT2D eigenvalue weighted by atomic mass is 10.1. The van der Waals surface area contributed by atoms with Gasteiger partial charge >= 0.3 is 0 Å².